The number of thioether (sulfide) groups is 1. The predicted octanol–water partition coefficient (Wildman–Crippen LogP) is 5.13. The zero-order valence-corrected chi connectivity index (χ0v) is 15.1. The highest BCUT2D eigenvalue weighted by Gasteiger charge is 2.32. The first-order valence-electron chi connectivity index (χ1n) is 7.51. The molecule has 0 spiro atoms. The summed E-state index contributed by atoms with van der Waals surface area (Å²) in [7, 11) is 0. The van der Waals surface area contributed by atoms with Crippen molar-refractivity contribution in [3.63, 3.8) is 0 Å². The van der Waals surface area contributed by atoms with E-state index in [9.17, 15) is 22.4 Å². The number of nitrogens with one attached hydrogen (secondary N) is 1. The SMILES string of the molecule is O=C(Nc1ncc(Cc2cccc(F)c2)s1)c1cccnc1SC(F)(F)F. The number of anilines is 1. The van der Waals surface area contributed by atoms with Gasteiger partial charge in [-0.05, 0) is 29.8 Å². The van der Waals surface area contributed by atoms with Gasteiger partial charge >= 0.3 is 5.51 Å². The van der Waals surface area contributed by atoms with Crippen molar-refractivity contribution in [1.29, 1.82) is 0 Å². The maximum atomic E-state index is 13.2. The quantitative estimate of drug-likeness (QED) is 0.465. The summed E-state index contributed by atoms with van der Waals surface area (Å²) in [5.41, 5.74) is -4.00. The summed E-state index contributed by atoms with van der Waals surface area (Å²) in [6, 6.07) is 8.73. The molecule has 0 aliphatic rings. The third-order valence-corrected chi connectivity index (χ3v) is 4.93. The van der Waals surface area contributed by atoms with Crippen molar-refractivity contribution in [3.8, 4) is 0 Å². The molecule has 0 atom stereocenters. The van der Waals surface area contributed by atoms with Crippen LogP contribution in [0.25, 0.3) is 0 Å². The summed E-state index contributed by atoms with van der Waals surface area (Å²) in [5, 5.41) is 2.28. The molecule has 0 radical (unpaired) electrons. The lowest BCUT2D eigenvalue weighted by Crippen LogP contribution is -2.14. The molecule has 0 aliphatic carbocycles. The van der Waals surface area contributed by atoms with E-state index in [1.54, 1.807) is 12.1 Å². The number of halogens is 4. The zero-order chi connectivity index (χ0) is 19.4. The van der Waals surface area contributed by atoms with Crippen LogP contribution in [-0.2, 0) is 6.42 Å². The van der Waals surface area contributed by atoms with E-state index in [0.29, 0.717) is 6.42 Å². The number of carbonyl (C=O) groups excluding carboxylic acids is 1. The predicted molar refractivity (Wildman–Crippen MR) is 95.4 cm³/mol. The Labute approximate surface area is 159 Å². The molecule has 2 aromatic heterocycles. The summed E-state index contributed by atoms with van der Waals surface area (Å²) >= 11 is 0.711. The highest BCUT2D eigenvalue weighted by atomic mass is 32.2. The average Bonchev–Trinajstić information content (AvgIpc) is 3.00. The second-order valence-corrected chi connectivity index (χ2v) is 7.47. The highest BCUT2D eigenvalue weighted by molar-refractivity contribution is 8.00. The number of aromatic nitrogens is 2. The minimum Gasteiger partial charge on any atom is -0.298 e. The van der Waals surface area contributed by atoms with Gasteiger partial charge in [-0.3, -0.25) is 10.1 Å². The summed E-state index contributed by atoms with van der Waals surface area (Å²) in [6.45, 7) is 0. The zero-order valence-electron chi connectivity index (χ0n) is 13.5. The second kappa shape index (κ2) is 8.05. The summed E-state index contributed by atoms with van der Waals surface area (Å²) in [6.07, 6.45) is 3.14. The first-order valence-corrected chi connectivity index (χ1v) is 9.15. The van der Waals surface area contributed by atoms with Crippen LogP contribution in [0.3, 0.4) is 0 Å². The Kier molecular flexibility index (Phi) is 5.76. The van der Waals surface area contributed by atoms with Crippen molar-refractivity contribution >= 4 is 34.1 Å². The van der Waals surface area contributed by atoms with Gasteiger partial charge in [-0.2, -0.15) is 13.2 Å². The van der Waals surface area contributed by atoms with Gasteiger partial charge < -0.3 is 0 Å². The Hall–Kier alpha value is -2.46. The van der Waals surface area contributed by atoms with E-state index in [4.69, 9.17) is 0 Å². The van der Waals surface area contributed by atoms with Gasteiger partial charge in [0.1, 0.15) is 10.8 Å². The third kappa shape index (κ3) is 5.51. The molecule has 2 heterocycles. The highest BCUT2D eigenvalue weighted by Crippen LogP contribution is 2.37. The summed E-state index contributed by atoms with van der Waals surface area (Å²) in [5.74, 6) is -1.08. The minimum absolute atomic E-state index is 0.193. The van der Waals surface area contributed by atoms with Crippen LogP contribution in [0.5, 0.6) is 0 Å². The number of benzene rings is 1. The van der Waals surface area contributed by atoms with Crippen LogP contribution >= 0.6 is 23.1 Å². The normalized spacial score (nSPS) is 11.4. The van der Waals surface area contributed by atoms with E-state index in [1.807, 2.05) is 0 Å². The van der Waals surface area contributed by atoms with E-state index in [2.05, 4.69) is 15.3 Å². The topological polar surface area (TPSA) is 54.9 Å². The molecule has 0 unspecified atom stereocenters. The van der Waals surface area contributed by atoms with Crippen LogP contribution in [0, 0.1) is 5.82 Å². The number of nitrogens with zero attached hydrogens (tertiary/aromatic N) is 2. The van der Waals surface area contributed by atoms with E-state index in [1.165, 1.54) is 36.7 Å². The molecule has 10 heteroatoms. The van der Waals surface area contributed by atoms with Gasteiger partial charge in [-0.15, -0.1) is 11.3 Å². The second-order valence-electron chi connectivity index (χ2n) is 5.30. The van der Waals surface area contributed by atoms with Crippen LogP contribution in [0.1, 0.15) is 20.8 Å². The number of thiazole rings is 1. The molecule has 0 fully saturated rings. The first-order chi connectivity index (χ1) is 12.8. The van der Waals surface area contributed by atoms with E-state index in [0.717, 1.165) is 21.8 Å². The van der Waals surface area contributed by atoms with Crippen molar-refractivity contribution in [2.75, 3.05) is 5.32 Å². The molecule has 0 saturated carbocycles. The van der Waals surface area contributed by atoms with E-state index < -0.39 is 28.2 Å². The van der Waals surface area contributed by atoms with Crippen LogP contribution in [0.2, 0.25) is 0 Å². The fourth-order valence-corrected chi connectivity index (χ4v) is 3.66. The first kappa shape index (κ1) is 19.3. The van der Waals surface area contributed by atoms with Gasteiger partial charge in [-0.25, -0.2) is 14.4 Å². The van der Waals surface area contributed by atoms with Crippen LogP contribution in [0.15, 0.2) is 53.8 Å². The molecule has 0 bridgehead atoms. The standard InChI is InChI=1S/C17H11F4N3OS2/c18-11-4-1-3-10(7-11)8-12-9-23-16(26-12)24-14(25)13-5-2-6-22-15(13)27-17(19,20)21/h1-7,9H,8H2,(H,23,24,25). The molecule has 3 aromatic rings. The third-order valence-electron chi connectivity index (χ3n) is 3.27. The molecule has 1 aromatic carbocycles. The van der Waals surface area contributed by atoms with Crippen molar-refractivity contribution in [1.82, 2.24) is 9.97 Å². The number of alkyl halides is 3. The molecular formula is C17H11F4N3OS2. The minimum atomic E-state index is -4.55. The van der Waals surface area contributed by atoms with E-state index in [-0.39, 0.29) is 16.5 Å². The smallest absolute Gasteiger partial charge is 0.298 e. The van der Waals surface area contributed by atoms with Gasteiger partial charge in [0, 0.05) is 35.5 Å². The fourth-order valence-electron chi connectivity index (χ4n) is 2.21. The lowest BCUT2D eigenvalue weighted by Gasteiger charge is -2.09. The molecule has 4 nitrogen and oxygen atoms in total. The van der Waals surface area contributed by atoms with Gasteiger partial charge in [-0.1, -0.05) is 12.1 Å². The molecule has 0 saturated heterocycles. The fraction of sp³-hybridized carbons (Fsp3) is 0.118. The Bertz CT molecular complexity index is 959. The van der Waals surface area contributed by atoms with Crippen LogP contribution < -0.4 is 5.32 Å². The van der Waals surface area contributed by atoms with Gasteiger partial charge in [0.15, 0.2) is 5.13 Å². The van der Waals surface area contributed by atoms with Crippen molar-refractivity contribution in [2.45, 2.75) is 17.0 Å². The van der Waals surface area contributed by atoms with E-state index >= 15 is 0 Å². The maximum absolute atomic E-state index is 13.2. The molecule has 3 rings (SSSR count). The number of pyridine rings is 1. The summed E-state index contributed by atoms with van der Waals surface area (Å²) in [4.78, 5) is 20.8. The largest absolute Gasteiger partial charge is 0.447 e. The Morgan fingerprint density at radius 2 is 2.00 bits per heavy atom. The molecule has 1 N–H and O–H groups in total. The maximum Gasteiger partial charge on any atom is 0.447 e. The Balaban J connectivity index is 1.71. The van der Waals surface area contributed by atoms with Crippen LogP contribution in [0.4, 0.5) is 22.7 Å². The lowest BCUT2D eigenvalue weighted by atomic mass is 10.1. The van der Waals surface area contributed by atoms with Gasteiger partial charge in [0.2, 0.25) is 0 Å². The lowest BCUT2D eigenvalue weighted by molar-refractivity contribution is -0.0329. The number of hydrogen-bond acceptors (Lipinski definition) is 5. The van der Waals surface area contributed by atoms with Crippen molar-refractivity contribution in [3.05, 3.63) is 70.6 Å². The molecule has 1 amide bonds. The van der Waals surface area contributed by atoms with Gasteiger partial charge in [0.05, 0.1) is 5.56 Å². The average molecular weight is 413 g/mol. The molecule has 0 aliphatic heterocycles. The molecule has 27 heavy (non-hydrogen) atoms. The molecular weight excluding hydrogens is 402 g/mol. The number of amides is 1. The Morgan fingerprint density at radius 3 is 2.74 bits per heavy atom. The molecule has 140 valence electrons. The summed E-state index contributed by atoms with van der Waals surface area (Å²) < 4.78 is 51.0. The van der Waals surface area contributed by atoms with Gasteiger partial charge in [0.25, 0.3) is 5.91 Å². The van der Waals surface area contributed by atoms with Crippen molar-refractivity contribution < 1.29 is 22.4 Å². The number of hydrogen-bond donors (Lipinski definition) is 1. The van der Waals surface area contributed by atoms with Crippen molar-refractivity contribution in [2.24, 2.45) is 0 Å². The Morgan fingerprint density at radius 1 is 1.19 bits per heavy atom. The number of carbonyl (C=O) groups is 1. The number of rotatable bonds is 5. The van der Waals surface area contributed by atoms with Crippen LogP contribution in [-0.4, -0.2) is 21.4 Å². The monoisotopic (exact) mass is 413 g/mol.